The molecule has 0 aliphatic rings. The minimum atomic E-state index is -3.75. The summed E-state index contributed by atoms with van der Waals surface area (Å²) in [5, 5.41) is 3.02. The summed E-state index contributed by atoms with van der Waals surface area (Å²) in [4.78, 5) is 14.8. The largest absolute Gasteiger partial charge is 0.468 e. The molecule has 0 fully saturated rings. The summed E-state index contributed by atoms with van der Waals surface area (Å²) < 4.78 is 32.2. The van der Waals surface area contributed by atoms with E-state index in [1.165, 1.54) is 30.7 Å². The van der Waals surface area contributed by atoms with E-state index in [-0.39, 0.29) is 17.1 Å². The molecule has 0 radical (unpaired) electrons. The van der Waals surface area contributed by atoms with Crippen LogP contribution in [0.5, 0.6) is 0 Å². The SMILES string of the molecule is O=C(Nc1cccc(S(=O)(=O)NCc2ccco2)c1)c1cc(Cl)c[nH]1. The standard InChI is InChI=1S/C16H14ClN3O4S/c17-11-7-15(18-9-11)16(21)20-12-3-1-5-14(8-12)25(22,23)19-10-13-4-2-6-24-13/h1-9,18-19H,10H2,(H,20,21). The van der Waals surface area contributed by atoms with Crippen LogP contribution in [-0.2, 0) is 16.6 Å². The third kappa shape index (κ3) is 4.30. The van der Waals surface area contributed by atoms with Crippen LogP contribution in [0.3, 0.4) is 0 Å². The highest BCUT2D eigenvalue weighted by atomic mass is 35.5. The molecular formula is C16H14ClN3O4S. The first-order valence-electron chi connectivity index (χ1n) is 7.21. The van der Waals surface area contributed by atoms with E-state index in [1.807, 2.05) is 0 Å². The fraction of sp³-hybridized carbons (Fsp3) is 0.0625. The average molecular weight is 380 g/mol. The minimum absolute atomic E-state index is 0.0291. The second kappa shape index (κ2) is 7.14. The van der Waals surface area contributed by atoms with Gasteiger partial charge in [0.2, 0.25) is 10.0 Å². The smallest absolute Gasteiger partial charge is 0.272 e. The molecule has 1 aromatic carbocycles. The van der Waals surface area contributed by atoms with Crippen molar-refractivity contribution in [2.75, 3.05) is 5.32 Å². The summed E-state index contributed by atoms with van der Waals surface area (Å²) >= 11 is 5.76. The molecule has 25 heavy (non-hydrogen) atoms. The molecule has 3 N–H and O–H groups in total. The molecule has 0 bridgehead atoms. The summed E-state index contributed by atoms with van der Waals surface area (Å²) in [5.41, 5.74) is 0.616. The first-order valence-corrected chi connectivity index (χ1v) is 9.07. The van der Waals surface area contributed by atoms with E-state index < -0.39 is 15.9 Å². The summed E-state index contributed by atoms with van der Waals surface area (Å²) in [6.07, 6.45) is 2.95. The zero-order chi connectivity index (χ0) is 17.9. The van der Waals surface area contributed by atoms with Crippen LogP contribution in [0.1, 0.15) is 16.2 Å². The van der Waals surface area contributed by atoms with Gasteiger partial charge in [0.25, 0.3) is 5.91 Å². The Morgan fingerprint density at radius 2 is 2.04 bits per heavy atom. The molecule has 0 unspecified atom stereocenters. The van der Waals surface area contributed by atoms with E-state index in [2.05, 4.69) is 15.0 Å². The van der Waals surface area contributed by atoms with Crippen molar-refractivity contribution in [1.29, 1.82) is 0 Å². The lowest BCUT2D eigenvalue weighted by Crippen LogP contribution is -2.23. The number of anilines is 1. The van der Waals surface area contributed by atoms with Gasteiger partial charge < -0.3 is 14.7 Å². The highest BCUT2D eigenvalue weighted by molar-refractivity contribution is 7.89. The van der Waals surface area contributed by atoms with E-state index in [9.17, 15) is 13.2 Å². The predicted molar refractivity (Wildman–Crippen MR) is 92.9 cm³/mol. The molecule has 130 valence electrons. The number of furan rings is 1. The number of halogens is 1. The van der Waals surface area contributed by atoms with Crippen molar-refractivity contribution in [3.05, 3.63) is 71.4 Å². The Morgan fingerprint density at radius 1 is 1.20 bits per heavy atom. The Bertz CT molecular complexity index is 980. The fourth-order valence-corrected chi connectivity index (χ4v) is 3.30. The maximum atomic E-state index is 12.3. The maximum absolute atomic E-state index is 12.3. The van der Waals surface area contributed by atoms with E-state index in [0.717, 1.165) is 0 Å². The Morgan fingerprint density at radius 3 is 2.72 bits per heavy atom. The highest BCUT2D eigenvalue weighted by Crippen LogP contribution is 2.17. The number of nitrogens with one attached hydrogen (secondary N) is 3. The molecule has 7 nitrogen and oxygen atoms in total. The number of hydrogen-bond acceptors (Lipinski definition) is 4. The van der Waals surface area contributed by atoms with E-state index in [0.29, 0.717) is 16.5 Å². The zero-order valence-corrected chi connectivity index (χ0v) is 14.4. The van der Waals surface area contributed by atoms with Gasteiger partial charge in [-0.2, -0.15) is 0 Å². The lowest BCUT2D eigenvalue weighted by Gasteiger charge is -2.08. The van der Waals surface area contributed by atoms with E-state index in [4.69, 9.17) is 16.0 Å². The van der Waals surface area contributed by atoms with Crippen LogP contribution in [0, 0.1) is 0 Å². The van der Waals surface area contributed by atoms with Crippen LogP contribution in [0.15, 0.2) is 64.2 Å². The van der Waals surface area contributed by atoms with Gasteiger partial charge in [-0.15, -0.1) is 0 Å². The van der Waals surface area contributed by atoms with E-state index in [1.54, 1.807) is 24.3 Å². The monoisotopic (exact) mass is 379 g/mol. The molecule has 0 atom stereocenters. The Kier molecular flexibility index (Phi) is 4.93. The molecule has 1 amide bonds. The number of carbonyl (C=O) groups excluding carboxylic acids is 1. The van der Waals surface area contributed by atoms with Crippen molar-refractivity contribution in [3.8, 4) is 0 Å². The van der Waals surface area contributed by atoms with Crippen molar-refractivity contribution in [2.45, 2.75) is 11.4 Å². The highest BCUT2D eigenvalue weighted by Gasteiger charge is 2.16. The van der Waals surface area contributed by atoms with Crippen molar-refractivity contribution >= 4 is 33.2 Å². The van der Waals surface area contributed by atoms with Gasteiger partial charge in [-0.25, -0.2) is 13.1 Å². The third-order valence-corrected chi connectivity index (χ3v) is 4.93. The zero-order valence-electron chi connectivity index (χ0n) is 12.8. The predicted octanol–water partition coefficient (Wildman–Crippen LogP) is 2.99. The number of hydrogen-bond donors (Lipinski definition) is 3. The van der Waals surface area contributed by atoms with Crippen molar-refractivity contribution in [2.24, 2.45) is 0 Å². The summed E-state index contributed by atoms with van der Waals surface area (Å²) in [7, 11) is -3.75. The Balaban J connectivity index is 1.73. The number of rotatable bonds is 6. The van der Waals surface area contributed by atoms with Crippen LogP contribution in [0.4, 0.5) is 5.69 Å². The van der Waals surface area contributed by atoms with Gasteiger partial charge in [0.1, 0.15) is 11.5 Å². The number of benzene rings is 1. The second-order valence-electron chi connectivity index (χ2n) is 5.12. The van der Waals surface area contributed by atoms with Gasteiger partial charge in [-0.05, 0) is 36.4 Å². The molecule has 0 saturated carbocycles. The van der Waals surface area contributed by atoms with Gasteiger partial charge in [0, 0.05) is 11.9 Å². The number of H-pyrrole nitrogens is 1. The number of sulfonamides is 1. The van der Waals surface area contributed by atoms with E-state index >= 15 is 0 Å². The lowest BCUT2D eigenvalue weighted by molar-refractivity contribution is 0.102. The number of aromatic nitrogens is 1. The molecule has 0 aliphatic carbocycles. The number of aromatic amines is 1. The molecule has 0 spiro atoms. The van der Waals surface area contributed by atoms with Crippen LogP contribution >= 0.6 is 11.6 Å². The van der Waals surface area contributed by atoms with Gasteiger partial charge in [-0.3, -0.25) is 4.79 Å². The molecule has 9 heteroatoms. The molecule has 0 aliphatic heterocycles. The van der Waals surface area contributed by atoms with Crippen LogP contribution < -0.4 is 10.0 Å². The topological polar surface area (TPSA) is 104 Å². The normalized spacial score (nSPS) is 11.4. The van der Waals surface area contributed by atoms with Crippen LogP contribution in [0.25, 0.3) is 0 Å². The number of carbonyl (C=O) groups is 1. The van der Waals surface area contributed by atoms with Crippen LogP contribution in [0.2, 0.25) is 5.02 Å². The maximum Gasteiger partial charge on any atom is 0.272 e. The fourth-order valence-electron chi connectivity index (χ4n) is 2.10. The average Bonchev–Trinajstić information content (AvgIpc) is 3.25. The summed E-state index contributed by atoms with van der Waals surface area (Å²) in [6.45, 7) is 0.0346. The molecule has 2 heterocycles. The molecule has 3 rings (SSSR count). The molecule has 2 aromatic heterocycles. The van der Waals surface area contributed by atoms with Crippen molar-refractivity contribution in [1.82, 2.24) is 9.71 Å². The summed E-state index contributed by atoms with van der Waals surface area (Å²) in [5.74, 6) is 0.0710. The minimum Gasteiger partial charge on any atom is -0.468 e. The first kappa shape index (κ1) is 17.3. The third-order valence-electron chi connectivity index (χ3n) is 3.31. The quantitative estimate of drug-likeness (QED) is 0.612. The number of amides is 1. The van der Waals surface area contributed by atoms with Gasteiger partial charge in [0.15, 0.2) is 0 Å². The van der Waals surface area contributed by atoms with Crippen molar-refractivity contribution < 1.29 is 17.6 Å². The van der Waals surface area contributed by atoms with Gasteiger partial charge in [-0.1, -0.05) is 17.7 Å². The van der Waals surface area contributed by atoms with Crippen molar-refractivity contribution in [3.63, 3.8) is 0 Å². The second-order valence-corrected chi connectivity index (χ2v) is 7.32. The van der Waals surface area contributed by atoms with Gasteiger partial charge in [0.05, 0.1) is 22.7 Å². The molecule has 0 saturated heterocycles. The lowest BCUT2D eigenvalue weighted by atomic mass is 10.3. The molecular weight excluding hydrogens is 366 g/mol. The Labute approximate surface area is 149 Å². The van der Waals surface area contributed by atoms with Crippen LogP contribution in [-0.4, -0.2) is 19.3 Å². The van der Waals surface area contributed by atoms with Gasteiger partial charge >= 0.3 is 0 Å². The first-order chi connectivity index (χ1) is 11.9. The Hall–Kier alpha value is -2.55. The molecule has 3 aromatic rings. The summed E-state index contributed by atoms with van der Waals surface area (Å²) in [6, 6.07) is 10.8.